The Morgan fingerprint density at radius 1 is 1.67 bits per heavy atom. The van der Waals surface area contributed by atoms with Gasteiger partial charge in [-0.3, -0.25) is 0 Å². The highest BCUT2D eigenvalue weighted by Crippen LogP contribution is 2.21. The third-order valence-corrected chi connectivity index (χ3v) is 3.28. The number of carbonyl (C=O) groups is 1. The van der Waals surface area contributed by atoms with E-state index in [2.05, 4.69) is 15.0 Å². The molecule has 1 aromatic heterocycles. The standard InChI is InChI=1S/C16H21N3O2/c1-19(2)6-5-12-9-17-15-4-3-11(8-14(12)15)7-13-10-21-16(20)18-13/h3-4,8-9,13,17H,5-7,10H2,1-2H3,(H,18,20)/t13-/m0/s1/i1D3,6D2,9D,10D2. The fraction of sp³-hybridized carbons (Fsp3) is 0.438. The van der Waals surface area contributed by atoms with Crippen molar-refractivity contribution in [2.75, 3.05) is 27.1 Å². The smallest absolute Gasteiger partial charge is 0.407 e. The number of aromatic nitrogens is 1. The van der Waals surface area contributed by atoms with Crippen LogP contribution in [-0.4, -0.2) is 49.1 Å². The lowest BCUT2D eigenvalue weighted by Crippen LogP contribution is -2.28. The van der Waals surface area contributed by atoms with Crippen molar-refractivity contribution >= 4 is 17.0 Å². The number of H-pyrrole nitrogens is 1. The van der Waals surface area contributed by atoms with Crippen LogP contribution in [0.4, 0.5) is 4.79 Å². The molecule has 1 aromatic carbocycles. The van der Waals surface area contributed by atoms with Crippen molar-refractivity contribution in [3.05, 3.63) is 35.5 Å². The molecular weight excluding hydrogens is 266 g/mol. The minimum Gasteiger partial charge on any atom is -0.447 e. The molecule has 0 unspecified atom stereocenters. The topological polar surface area (TPSA) is 57.4 Å². The molecule has 0 radical (unpaired) electrons. The quantitative estimate of drug-likeness (QED) is 0.886. The minimum atomic E-state index is -2.63. The molecule has 0 saturated carbocycles. The van der Waals surface area contributed by atoms with E-state index in [0.717, 1.165) is 0 Å². The lowest BCUT2D eigenvalue weighted by molar-refractivity contribution is 0.177. The number of amides is 1. The first-order valence-electron chi connectivity index (χ1n) is 10.5. The van der Waals surface area contributed by atoms with Crippen molar-refractivity contribution in [2.45, 2.75) is 18.9 Å². The molecular formula is C16H21N3O2. The Morgan fingerprint density at radius 2 is 2.57 bits per heavy atom. The highest BCUT2D eigenvalue weighted by atomic mass is 16.6. The fourth-order valence-electron chi connectivity index (χ4n) is 2.28. The fourth-order valence-corrected chi connectivity index (χ4v) is 2.28. The molecule has 1 saturated heterocycles. The maximum absolute atomic E-state index is 11.3. The number of carbonyl (C=O) groups excluding carboxylic acids is 1. The zero-order chi connectivity index (χ0) is 21.8. The van der Waals surface area contributed by atoms with E-state index in [1.807, 2.05) is 0 Å². The number of rotatable bonds is 5. The Bertz CT molecular complexity index is 940. The highest BCUT2D eigenvalue weighted by molar-refractivity contribution is 5.84. The number of aryl methyl sites for hydroxylation is 1. The third kappa shape index (κ3) is 3.19. The van der Waals surface area contributed by atoms with Gasteiger partial charge in [-0.05, 0) is 50.1 Å². The van der Waals surface area contributed by atoms with Crippen LogP contribution >= 0.6 is 0 Å². The molecule has 1 amide bonds. The van der Waals surface area contributed by atoms with Crippen LogP contribution in [0.1, 0.15) is 22.1 Å². The summed E-state index contributed by atoms with van der Waals surface area (Å²) < 4.78 is 66.9. The molecule has 1 aliphatic rings. The SMILES string of the molecule is [2H]c1[nH]c2ccc(C[C@@H]3NC(=O)OC3([2H])[2H])cc2c1CC([2H])([2H])N(C)C([2H])([2H])[2H]. The van der Waals surface area contributed by atoms with Gasteiger partial charge in [-0.1, -0.05) is 6.07 Å². The summed E-state index contributed by atoms with van der Waals surface area (Å²) in [5, 5.41) is 2.96. The van der Waals surface area contributed by atoms with Crippen molar-refractivity contribution in [1.29, 1.82) is 0 Å². The zero-order valence-electron chi connectivity index (χ0n) is 19.5. The van der Waals surface area contributed by atoms with E-state index >= 15 is 0 Å². The van der Waals surface area contributed by atoms with Crippen molar-refractivity contribution in [2.24, 2.45) is 0 Å². The van der Waals surface area contributed by atoms with Gasteiger partial charge in [0.1, 0.15) is 6.56 Å². The van der Waals surface area contributed by atoms with Crippen LogP contribution in [0, 0.1) is 0 Å². The maximum Gasteiger partial charge on any atom is 0.407 e. The van der Waals surface area contributed by atoms with Crippen molar-refractivity contribution in [1.82, 2.24) is 15.2 Å². The molecule has 0 aliphatic carbocycles. The number of benzene rings is 1. The van der Waals surface area contributed by atoms with Crippen LogP contribution < -0.4 is 5.32 Å². The number of hydrogen-bond donors (Lipinski definition) is 2. The van der Waals surface area contributed by atoms with Gasteiger partial charge in [-0.25, -0.2) is 4.79 Å². The summed E-state index contributed by atoms with van der Waals surface area (Å²) in [4.78, 5) is 14.8. The third-order valence-electron chi connectivity index (χ3n) is 3.28. The van der Waals surface area contributed by atoms with Gasteiger partial charge in [0.05, 0.1) is 10.2 Å². The maximum atomic E-state index is 11.3. The molecule has 1 atom stereocenters. The summed E-state index contributed by atoms with van der Waals surface area (Å²) in [5.74, 6) is 0. The summed E-state index contributed by atoms with van der Waals surface area (Å²) in [7, 11) is 1.17. The van der Waals surface area contributed by atoms with Crippen molar-refractivity contribution in [3.63, 3.8) is 0 Å². The average Bonchev–Trinajstić information content (AvgIpc) is 3.01. The second-order valence-corrected chi connectivity index (χ2v) is 4.91. The van der Waals surface area contributed by atoms with Crippen LogP contribution in [0.3, 0.4) is 0 Å². The Balaban J connectivity index is 1.92. The molecule has 3 rings (SSSR count). The number of nitrogens with one attached hydrogen (secondary N) is 2. The summed E-state index contributed by atoms with van der Waals surface area (Å²) in [6, 6.07) is 4.19. The predicted molar refractivity (Wildman–Crippen MR) is 82.5 cm³/mol. The lowest BCUT2D eigenvalue weighted by atomic mass is 10.0. The molecule has 0 spiro atoms. The number of hydrogen-bond acceptors (Lipinski definition) is 3. The van der Waals surface area contributed by atoms with Crippen LogP contribution in [0.25, 0.3) is 10.9 Å². The van der Waals surface area contributed by atoms with Gasteiger partial charge in [-0.15, -0.1) is 0 Å². The molecule has 1 fully saturated rings. The number of ether oxygens (including phenoxy) is 1. The first-order valence-corrected chi connectivity index (χ1v) is 6.54. The van der Waals surface area contributed by atoms with Gasteiger partial charge >= 0.3 is 6.09 Å². The Kier molecular flexibility index (Phi) is 2.01. The van der Waals surface area contributed by atoms with E-state index < -0.39 is 32.2 Å². The minimum absolute atomic E-state index is 0.0206. The van der Waals surface area contributed by atoms with Gasteiger partial charge < -0.3 is 19.9 Å². The van der Waals surface area contributed by atoms with Crippen molar-refractivity contribution in [3.8, 4) is 0 Å². The molecule has 2 aromatic rings. The second kappa shape index (κ2) is 5.77. The Hall–Kier alpha value is -2.01. The molecule has 112 valence electrons. The zero-order valence-corrected chi connectivity index (χ0v) is 11.5. The second-order valence-electron chi connectivity index (χ2n) is 4.91. The number of nitrogens with zero attached hydrogens (tertiary/aromatic N) is 1. The Morgan fingerprint density at radius 3 is 3.33 bits per heavy atom. The number of alkyl carbamates (subject to hydrolysis) is 1. The van der Waals surface area contributed by atoms with Crippen molar-refractivity contribution < 1.29 is 20.5 Å². The van der Waals surface area contributed by atoms with Crippen LogP contribution in [0.15, 0.2) is 24.4 Å². The van der Waals surface area contributed by atoms with Crippen LogP contribution in [0.2, 0.25) is 0 Å². The summed E-state index contributed by atoms with van der Waals surface area (Å²) >= 11 is 0. The summed E-state index contributed by atoms with van der Waals surface area (Å²) in [5.41, 5.74) is 1.55. The first-order chi connectivity index (χ1) is 13.2. The Labute approximate surface area is 135 Å². The van der Waals surface area contributed by atoms with Crippen LogP contribution in [0.5, 0.6) is 0 Å². The molecule has 21 heavy (non-hydrogen) atoms. The molecule has 5 nitrogen and oxygen atoms in total. The van der Waals surface area contributed by atoms with Gasteiger partial charge in [0.2, 0.25) is 0 Å². The highest BCUT2D eigenvalue weighted by Gasteiger charge is 2.22. The van der Waals surface area contributed by atoms with E-state index in [-0.39, 0.29) is 19.0 Å². The van der Waals surface area contributed by atoms with Gasteiger partial charge in [0.15, 0.2) is 0 Å². The average molecular weight is 295 g/mol. The largest absolute Gasteiger partial charge is 0.447 e. The van der Waals surface area contributed by atoms with E-state index in [1.165, 1.54) is 7.05 Å². The van der Waals surface area contributed by atoms with E-state index in [1.54, 1.807) is 18.2 Å². The van der Waals surface area contributed by atoms with E-state index in [9.17, 15) is 4.79 Å². The van der Waals surface area contributed by atoms with Gasteiger partial charge in [0, 0.05) is 30.4 Å². The van der Waals surface area contributed by atoms with Gasteiger partial charge in [-0.2, -0.15) is 0 Å². The lowest BCUT2D eigenvalue weighted by Gasteiger charge is -2.09. The molecule has 1 aliphatic heterocycles. The van der Waals surface area contributed by atoms with Crippen LogP contribution in [-0.2, 0) is 17.6 Å². The van der Waals surface area contributed by atoms with E-state index in [4.69, 9.17) is 11.0 Å². The normalized spacial score (nSPS) is 27.5. The molecule has 2 heterocycles. The number of likely N-dealkylation sites (N-methyl/N-ethyl adjacent to an activating group) is 1. The molecule has 5 heteroatoms. The number of fused-ring (bicyclic) bond motifs is 1. The summed E-state index contributed by atoms with van der Waals surface area (Å²) in [6.45, 7) is -7.01. The summed E-state index contributed by atoms with van der Waals surface area (Å²) in [6.07, 6.45) is -1.05. The monoisotopic (exact) mass is 295 g/mol. The first kappa shape index (κ1) is 7.31. The van der Waals surface area contributed by atoms with E-state index in [0.29, 0.717) is 26.9 Å². The van der Waals surface area contributed by atoms with Gasteiger partial charge in [0.25, 0.3) is 0 Å². The molecule has 2 N–H and O–H groups in total. The molecule has 0 bridgehead atoms. The predicted octanol–water partition coefficient (Wildman–Crippen LogP) is 1.92. The number of aromatic amines is 1. The number of cyclic esters (lactones) is 1.